The second-order valence-corrected chi connectivity index (χ2v) is 7.28. The smallest absolute Gasteiger partial charge is 0.404 e. The number of benzene rings is 1. The molecule has 6 nitrogen and oxygen atoms in total. The molecule has 7 heteroatoms. The third kappa shape index (κ3) is 3.85. The van der Waals surface area contributed by atoms with Crippen LogP contribution in [-0.2, 0) is 6.54 Å². The quantitative estimate of drug-likeness (QED) is 0.715. The molecular formula is C17H21N3O3S. The zero-order chi connectivity index (χ0) is 17.0. The predicted molar refractivity (Wildman–Crippen MR) is 93.2 cm³/mol. The first kappa shape index (κ1) is 16.7. The number of amides is 1. The highest BCUT2D eigenvalue weighted by molar-refractivity contribution is 7.15. The van der Waals surface area contributed by atoms with Crippen LogP contribution < -0.4 is 15.8 Å². The van der Waals surface area contributed by atoms with Gasteiger partial charge in [0.1, 0.15) is 10.8 Å². The molecule has 1 saturated carbocycles. The third-order valence-corrected chi connectivity index (χ3v) is 5.51. The number of hydrogen-bond acceptors (Lipinski definition) is 5. The van der Waals surface area contributed by atoms with Gasteiger partial charge in [-0.1, -0.05) is 6.42 Å². The van der Waals surface area contributed by atoms with E-state index in [2.05, 4.69) is 10.3 Å². The highest BCUT2D eigenvalue weighted by Crippen LogP contribution is 2.40. The maximum Gasteiger partial charge on any atom is 0.404 e. The Kier molecular flexibility index (Phi) is 5.01. The molecule has 3 rings (SSSR count). The first-order valence-electron chi connectivity index (χ1n) is 7.95. The van der Waals surface area contributed by atoms with Gasteiger partial charge in [0.25, 0.3) is 0 Å². The first-order chi connectivity index (χ1) is 11.6. The summed E-state index contributed by atoms with van der Waals surface area (Å²) in [6.07, 6.45) is 4.19. The lowest BCUT2D eigenvalue weighted by atomic mass is 9.69. The minimum atomic E-state index is -1.03. The molecule has 1 amide bonds. The monoisotopic (exact) mass is 347 g/mol. The van der Waals surface area contributed by atoms with Crippen LogP contribution in [0.1, 0.15) is 24.1 Å². The summed E-state index contributed by atoms with van der Waals surface area (Å²) in [6, 6.07) is 7.82. The standard InChI is InChI=1S/C17H21N3O3S/c18-10-17(6-1-7-17)11-23-13-4-2-12(3-5-13)15-19-8-14(24-15)9-20-16(21)22/h2-5,8,20H,1,6-7,9-11,18H2,(H,21,22). The Morgan fingerprint density at radius 1 is 1.38 bits per heavy atom. The van der Waals surface area contributed by atoms with Crippen molar-refractivity contribution in [2.24, 2.45) is 11.1 Å². The van der Waals surface area contributed by atoms with Gasteiger partial charge in [-0.25, -0.2) is 9.78 Å². The molecule has 128 valence electrons. The summed E-state index contributed by atoms with van der Waals surface area (Å²) in [4.78, 5) is 15.7. The SMILES string of the molecule is NCC1(COc2ccc(-c3ncc(CNC(=O)O)s3)cc2)CCC1. The number of hydrogen-bond donors (Lipinski definition) is 3. The highest BCUT2D eigenvalue weighted by Gasteiger charge is 2.36. The van der Waals surface area contributed by atoms with Gasteiger partial charge >= 0.3 is 6.09 Å². The fraction of sp³-hybridized carbons (Fsp3) is 0.412. The topological polar surface area (TPSA) is 97.5 Å². The van der Waals surface area contributed by atoms with E-state index in [0.717, 1.165) is 34.0 Å². The van der Waals surface area contributed by atoms with Crippen LogP contribution in [0.25, 0.3) is 10.6 Å². The number of rotatable bonds is 7. The van der Waals surface area contributed by atoms with E-state index >= 15 is 0 Å². The Labute approximate surface area is 144 Å². The van der Waals surface area contributed by atoms with Gasteiger partial charge in [-0.3, -0.25) is 0 Å². The van der Waals surface area contributed by atoms with Crippen molar-refractivity contribution in [2.45, 2.75) is 25.8 Å². The van der Waals surface area contributed by atoms with E-state index in [1.165, 1.54) is 17.8 Å². The number of nitrogens with two attached hydrogens (primary N) is 1. The molecular weight excluding hydrogens is 326 g/mol. The van der Waals surface area contributed by atoms with Crippen molar-refractivity contribution in [3.05, 3.63) is 35.3 Å². The van der Waals surface area contributed by atoms with Crippen molar-refractivity contribution in [1.82, 2.24) is 10.3 Å². The maximum atomic E-state index is 10.5. The zero-order valence-electron chi connectivity index (χ0n) is 13.3. The average Bonchev–Trinajstić information content (AvgIpc) is 3.02. The van der Waals surface area contributed by atoms with E-state index in [-0.39, 0.29) is 12.0 Å². The molecule has 1 aliphatic carbocycles. The van der Waals surface area contributed by atoms with Crippen LogP contribution >= 0.6 is 11.3 Å². The number of ether oxygens (including phenoxy) is 1. The molecule has 24 heavy (non-hydrogen) atoms. The Bertz CT molecular complexity index is 690. The molecule has 1 aromatic heterocycles. The molecule has 0 radical (unpaired) electrons. The molecule has 0 unspecified atom stereocenters. The number of aromatic nitrogens is 1. The van der Waals surface area contributed by atoms with E-state index in [4.69, 9.17) is 15.6 Å². The van der Waals surface area contributed by atoms with Crippen LogP contribution in [0.15, 0.2) is 30.5 Å². The van der Waals surface area contributed by atoms with Crippen LogP contribution in [0.4, 0.5) is 4.79 Å². The van der Waals surface area contributed by atoms with Crippen molar-refractivity contribution in [2.75, 3.05) is 13.2 Å². The molecule has 2 aromatic rings. The van der Waals surface area contributed by atoms with Gasteiger partial charge in [-0.15, -0.1) is 11.3 Å². The van der Waals surface area contributed by atoms with E-state index < -0.39 is 6.09 Å². The van der Waals surface area contributed by atoms with Crippen molar-refractivity contribution < 1.29 is 14.6 Å². The summed E-state index contributed by atoms with van der Waals surface area (Å²) in [7, 11) is 0. The zero-order valence-corrected chi connectivity index (χ0v) is 14.1. The largest absolute Gasteiger partial charge is 0.493 e. The van der Waals surface area contributed by atoms with Crippen molar-refractivity contribution in [1.29, 1.82) is 0 Å². The number of nitrogens with one attached hydrogen (secondary N) is 1. The summed E-state index contributed by atoms with van der Waals surface area (Å²) in [5, 5.41) is 11.8. The molecule has 0 aliphatic heterocycles. The highest BCUT2D eigenvalue weighted by atomic mass is 32.1. The number of carboxylic acid groups (broad SMARTS) is 1. The molecule has 0 saturated heterocycles. The lowest BCUT2D eigenvalue weighted by Crippen LogP contribution is -2.42. The molecule has 1 aliphatic rings. The van der Waals surface area contributed by atoms with Gasteiger partial charge in [-0.05, 0) is 37.1 Å². The van der Waals surface area contributed by atoms with Gasteiger partial charge in [0.15, 0.2) is 0 Å². The normalized spacial score (nSPS) is 15.5. The molecule has 1 fully saturated rings. The summed E-state index contributed by atoms with van der Waals surface area (Å²) in [6.45, 7) is 1.62. The lowest BCUT2D eigenvalue weighted by Gasteiger charge is -2.40. The molecule has 1 heterocycles. The van der Waals surface area contributed by atoms with Crippen molar-refractivity contribution >= 4 is 17.4 Å². The van der Waals surface area contributed by atoms with E-state index in [9.17, 15) is 4.79 Å². The molecule has 4 N–H and O–H groups in total. The number of carbonyl (C=O) groups is 1. The van der Waals surface area contributed by atoms with Gasteiger partial charge in [0, 0.05) is 28.6 Å². The van der Waals surface area contributed by atoms with Crippen molar-refractivity contribution in [3.63, 3.8) is 0 Å². The molecule has 0 bridgehead atoms. The Morgan fingerprint density at radius 3 is 2.71 bits per heavy atom. The van der Waals surface area contributed by atoms with Gasteiger partial charge < -0.3 is 20.9 Å². The minimum absolute atomic E-state index is 0.167. The van der Waals surface area contributed by atoms with Gasteiger partial charge in [0.2, 0.25) is 0 Å². The third-order valence-electron chi connectivity index (χ3n) is 4.46. The van der Waals surface area contributed by atoms with Crippen LogP contribution in [-0.4, -0.2) is 29.3 Å². The van der Waals surface area contributed by atoms with Crippen LogP contribution in [0.5, 0.6) is 5.75 Å². The van der Waals surface area contributed by atoms with Gasteiger partial charge in [-0.2, -0.15) is 0 Å². The fourth-order valence-electron chi connectivity index (χ4n) is 2.70. The summed E-state index contributed by atoms with van der Waals surface area (Å²) < 4.78 is 5.89. The average molecular weight is 347 g/mol. The van der Waals surface area contributed by atoms with Crippen molar-refractivity contribution in [3.8, 4) is 16.3 Å². The Morgan fingerprint density at radius 2 is 2.12 bits per heavy atom. The molecule has 0 atom stereocenters. The van der Waals surface area contributed by atoms with Gasteiger partial charge in [0.05, 0.1) is 13.2 Å². The minimum Gasteiger partial charge on any atom is -0.493 e. The van der Waals surface area contributed by atoms with Crippen LogP contribution in [0.2, 0.25) is 0 Å². The molecule has 1 aromatic carbocycles. The van der Waals surface area contributed by atoms with E-state index in [1.807, 2.05) is 24.3 Å². The fourth-order valence-corrected chi connectivity index (χ4v) is 3.56. The lowest BCUT2D eigenvalue weighted by molar-refractivity contribution is 0.0668. The molecule has 0 spiro atoms. The number of thiazole rings is 1. The Balaban J connectivity index is 1.59. The summed E-state index contributed by atoms with van der Waals surface area (Å²) in [5.41, 5.74) is 7.01. The Hall–Kier alpha value is -2.12. The van der Waals surface area contributed by atoms with E-state index in [1.54, 1.807) is 6.20 Å². The number of nitrogens with zero attached hydrogens (tertiary/aromatic N) is 1. The second-order valence-electron chi connectivity index (χ2n) is 6.16. The summed E-state index contributed by atoms with van der Waals surface area (Å²) >= 11 is 1.47. The first-order valence-corrected chi connectivity index (χ1v) is 8.77. The van der Waals surface area contributed by atoms with Crippen LogP contribution in [0, 0.1) is 5.41 Å². The second kappa shape index (κ2) is 7.19. The van der Waals surface area contributed by atoms with E-state index in [0.29, 0.717) is 13.2 Å². The summed E-state index contributed by atoms with van der Waals surface area (Å²) in [5.74, 6) is 0.836. The van der Waals surface area contributed by atoms with Crippen LogP contribution in [0.3, 0.4) is 0 Å². The predicted octanol–water partition coefficient (Wildman–Crippen LogP) is 3.09. The maximum absolute atomic E-state index is 10.5.